The van der Waals surface area contributed by atoms with Gasteiger partial charge in [0.25, 0.3) is 0 Å². The first-order valence-electron chi connectivity index (χ1n) is 9.66. The summed E-state index contributed by atoms with van der Waals surface area (Å²) in [7, 11) is -4.11. The number of hydrogen-bond donors (Lipinski definition) is 2. The van der Waals surface area contributed by atoms with Crippen LogP contribution >= 0.6 is 0 Å². The highest BCUT2D eigenvalue weighted by Crippen LogP contribution is 2.34. The van der Waals surface area contributed by atoms with Gasteiger partial charge in [0.05, 0.1) is 16.1 Å². The van der Waals surface area contributed by atoms with E-state index in [-0.39, 0.29) is 11.3 Å². The third kappa shape index (κ3) is 5.95. The number of aryl methyl sites for hydroxylation is 1. The Kier molecular flexibility index (Phi) is 7.00. The molecule has 3 rings (SSSR count). The summed E-state index contributed by atoms with van der Waals surface area (Å²) in [5, 5.41) is 2.23. The molecule has 1 amide bonds. The molecule has 0 heterocycles. The van der Waals surface area contributed by atoms with E-state index >= 15 is 0 Å². The first-order chi connectivity index (χ1) is 15.1. The topological polar surface area (TPSA) is 75.3 Å². The fourth-order valence-electron chi connectivity index (χ4n) is 3.07. The number of nitrogens with one attached hydrogen (secondary N) is 2. The van der Waals surface area contributed by atoms with E-state index in [0.717, 1.165) is 17.7 Å². The Hall–Kier alpha value is -3.17. The van der Waals surface area contributed by atoms with E-state index in [1.165, 1.54) is 24.3 Å². The van der Waals surface area contributed by atoms with Gasteiger partial charge in [-0.05, 0) is 43.2 Å². The summed E-state index contributed by atoms with van der Waals surface area (Å²) < 4.78 is 68.0. The van der Waals surface area contributed by atoms with Gasteiger partial charge < -0.3 is 5.32 Å². The standard InChI is InChI=1S/C23H21F3N2O3S/c1-16-11-13-18(14-12-16)32(30,31)28-21(15-17-7-3-2-4-8-17)22(29)27-20-10-6-5-9-19(20)23(24,25)26/h2-14,21,28H,15H2,1H3,(H,27,29)/t21-/m1/s1. The quantitative estimate of drug-likeness (QED) is 0.541. The minimum absolute atomic E-state index is 0.0497. The Labute approximate surface area is 184 Å². The summed E-state index contributed by atoms with van der Waals surface area (Å²) in [5.74, 6) is -0.902. The zero-order valence-electron chi connectivity index (χ0n) is 17.1. The Balaban J connectivity index is 1.91. The fourth-order valence-corrected chi connectivity index (χ4v) is 4.26. The van der Waals surface area contributed by atoms with Crippen molar-refractivity contribution < 1.29 is 26.4 Å². The SMILES string of the molecule is Cc1ccc(S(=O)(=O)N[C@H](Cc2ccccc2)C(=O)Nc2ccccc2C(F)(F)F)cc1. The number of halogens is 3. The molecule has 0 aliphatic heterocycles. The highest BCUT2D eigenvalue weighted by molar-refractivity contribution is 7.89. The molecule has 0 spiro atoms. The number of anilines is 1. The zero-order valence-corrected chi connectivity index (χ0v) is 17.9. The van der Waals surface area contributed by atoms with Crippen LogP contribution in [0.4, 0.5) is 18.9 Å². The van der Waals surface area contributed by atoms with Crippen molar-refractivity contribution in [2.45, 2.75) is 30.5 Å². The van der Waals surface area contributed by atoms with Crippen LogP contribution in [0, 0.1) is 6.92 Å². The first-order valence-corrected chi connectivity index (χ1v) is 11.1. The number of carbonyl (C=O) groups excluding carboxylic acids is 1. The second kappa shape index (κ2) is 9.54. The number of sulfonamides is 1. The molecular weight excluding hydrogens is 441 g/mol. The van der Waals surface area contributed by atoms with Crippen molar-refractivity contribution in [2.24, 2.45) is 0 Å². The third-order valence-electron chi connectivity index (χ3n) is 4.72. The predicted octanol–water partition coefficient (Wildman–Crippen LogP) is 4.54. The lowest BCUT2D eigenvalue weighted by molar-refractivity contribution is -0.137. The van der Waals surface area contributed by atoms with Crippen LogP contribution in [0.3, 0.4) is 0 Å². The second-order valence-electron chi connectivity index (χ2n) is 7.21. The van der Waals surface area contributed by atoms with E-state index in [4.69, 9.17) is 0 Å². The van der Waals surface area contributed by atoms with Crippen LogP contribution in [0.15, 0.2) is 83.8 Å². The maximum absolute atomic E-state index is 13.3. The predicted molar refractivity (Wildman–Crippen MR) is 116 cm³/mol. The van der Waals surface area contributed by atoms with Gasteiger partial charge in [0.1, 0.15) is 6.04 Å². The molecule has 5 nitrogen and oxygen atoms in total. The van der Waals surface area contributed by atoms with Crippen LogP contribution in [-0.2, 0) is 27.4 Å². The molecule has 0 aliphatic carbocycles. The molecule has 0 saturated heterocycles. The van der Waals surface area contributed by atoms with Crippen LogP contribution in [-0.4, -0.2) is 20.4 Å². The summed E-state index contributed by atoms with van der Waals surface area (Å²) in [4.78, 5) is 12.9. The Morgan fingerprint density at radius 1 is 0.906 bits per heavy atom. The van der Waals surface area contributed by atoms with Crippen molar-refractivity contribution in [3.63, 3.8) is 0 Å². The highest BCUT2D eigenvalue weighted by atomic mass is 32.2. The van der Waals surface area contributed by atoms with Gasteiger partial charge in [-0.15, -0.1) is 0 Å². The van der Waals surface area contributed by atoms with E-state index < -0.39 is 39.4 Å². The molecule has 3 aromatic carbocycles. The molecule has 168 valence electrons. The van der Waals surface area contributed by atoms with Gasteiger partial charge in [0.2, 0.25) is 15.9 Å². The van der Waals surface area contributed by atoms with Crippen molar-refractivity contribution in [3.8, 4) is 0 Å². The molecule has 0 bridgehead atoms. The van der Waals surface area contributed by atoms with E-state index in [9.17, 15) is 26.4 Å². The highest BCUT2D eigenvalue weighted by Gasteiger charge is 2.34. The molecular formula is C23H21F3N2O3S. The summed E-state index contributed by atoms with van der Waals surface area (Å²) >= 11 is 0. The fraction of sp³-hybridized carbons (Fsp3) is 0.174. The van der Waals surface area contributed by atoms with Gasteiger partial charge in [0.15, 0.2) is 0 Å². The Morgan fingerprint density at radius 3 is 2.12 bits per heavy atom. The number of benzene rings is 3. The molecule has 32 heavy (non-hydrogen) atoms. The number of alkyl halides is 3. The third-order valence-corrected chi connectivity index (χ3v) is 6.21. The molecule has 1 atom stereocenters. The number of amides is 1. The molecule has 9 heteroatoms. The Bertz CT molecular complexity index is 1180. The number of hydrogen-bond acceptors (Lipinski definition) is 3. The summed E-state index contributed by atoms with van der Waals surface area (Å²) in [6, 6.07) is 17.8. The second-order valence-corrected chi connectivity index (χ2v) is 8.92. The minimum atomic E-state index is -4.68. The lowest BCUT2D eigenvalue weighted by Gasteiger charge is -2.20. The number of para-hydroxylation sites is 1. The molecule has 2 N–H and O–H groups in total. The summed E-state index contributed by atoms with van der Waals surface area (Å²) in [6.07, 6.45) is -4.73. The maximum Gasteiger partial charge on any atom is 0.418 e. The molecule has 0 aliphatic rings. The lowest BCUT2D eigenvalue weighted by atomic mass is 10.1. The average molecular weight is 462 g/mol. The van der Waals surface area contributed by atoms with Gasteiger partial charge in [-0.25, -0.2) is 8.42 Å². The summed E-state index contributed by atoms with van der Waals surface area (Å²) in [5.41, 5.74) is 0.0282. The van der Waals surface area contributed by atoms with Gasteiger partial charge >= 0.3 is 6.18 Å². The van der Waals surface area contributed by atoms with E-state index in [1.54, 1.807) is 49.4 Å². The van der Waals surface area contributed by atoms with E-state index in [1.807, 2.05) is 0 Å². The van der Waals surface area contributed by atoms with Crippen LogP contribution in [0.25, 0.3) is 0 Å². The van der Waals surface area contributed by atoms with Gasteiger partial charge in [-0.1, -0.05) is 60.2 Å². The molecule has 3 aromatic rings. The number of carbonyl (C=O) groups is 1. The van der Waals surface area contributed by atoms with Crippen molar-refractivity contribution in [1.29, 1.82) is 0 Å². The van der Waals surface area contributed by atoms with Gasteiger partial charge in [0, 0.05) is 0 Å². The Morgan fingerprint density at radius 2 is 1.50 bits per heavy atom. The molecule has 0 unspecified atom stereocenters. The van der Waals surface area contributed by atoms with Crippen LogP contribution < -0.4 is 10.0 Å². The van der Waals surface area contributed by atoms with Crippen molar-refractivity contribution in [2.75, 3.05) is 5.32 Å². The van der Waals surface area contributed by atoms with Crippen LogP contribution in [0.1, 0.15) is 16.7 Å². The largest absolute Gasteiger partial charge is 0.418 e. The normalized spacial score (nSPS) is 12.9. The summed E-state index contributed by atoms with van der Waals surface area (Å²) in [6.45, 7) is 1.80. The average Bonchev–Trinajstić information content (AvgIpc) is 2.74. The number of rotatable bonds is 7. The molecule has 0 saturated carbocycles. The lowest BCUT2D eigenvalue weighted by Crippen LogP contribution is -2.45. The molecule has 0 fully saturated rings. The van der Waals surface area contributed by atoms with Crippen LogP contribution in [0.2, 0.25) is 0 Å². The molecule has 0 aromatic heterocycles. The van der Waals surface area contributed by atoms with Crippen molar-refractivity contribution in [1.82, 2.24) is 4.72 Å². The monoisotopic (exact) mass is 462 g/mol. The smallest absolute Gasteiger partial charge is 0.324 e. The zero-order chi connectivity index (χ0) is 23.4. The van der Waals surface area contributed by atoms with E-state index in [0.29, 0.717) is 5.56 Å². The van der Waals surface area contributed by atoms with Gasteiger partial charge in [-0.2, -0.15) is 17.9 Å². The van der Waals surface area contributed by atoms with Gasteiger partial charge in [-0.3, -0.25) is 4.79 Å². The first kappa shape index (κ1) is 23.5. The maximum atomic E-state index is 13.3. The van der Waals surface area contributed by atoms with E-state index in [2.05, 4.69) is 10.0 Å². The van der Waals surface area contributed by atoms with Crippen LogP contribution in [0.5, 0.6) is 0 Å². The van der Waals surface area contributed by atoms with Crippen molar-refractivity contribution >= 4 is 21.6 Å². The minimum Gasteiger partial charge on any atom is -0.324 e. The molecule has 0 radical (unpaired) electrons. The van der Waals surface area contributed by atoms with Crippen molar-refractivity contribution in [3.05, 3.63) is 95.6 Å².